The number of fused-ring (bicyclic) bond motifs is 1. The number of H-pyrrole nitrogens is 1. The lowest BCUT2D eigenvalue weighted by molar-refractivity contribution is 0.0524. The number of aryl methyl sites for hydroxylation is 1. The van der Waals surface area contributed by atoms with Crippen molar-refractivity contribution in [3.8, 4) is 0 Å². The average molecular weight is 259 g/mol. The number of pyridine rings is 1. The summed E-state index contributed by atoms with van der Waals surface area (Å²) < 4.78 is 4.88. The molecule has 0 amide bonds. The Hall–Kier alpha value is -2.10. The molecule has 4 heteroatoms. The predicted molar refractivity (Wildman–Crippen MR) is 74.5 cm³/mol. The van der Waals surface area contributed by atoms with Crippen LogP contribution in [0.2, 0.25) is 0 Å². The van der Waals surface area contributed by atoms with E-state index in [0.29, 0.717) is 5.39 Å². The van der Waals surface area contributed by atoms with Crippen LogP contribution in [0.5, 0.6) is 0 Å². The van der Waals surface area contributed by atoms with Gasteiger partial charge < -0.3 is 9.72 Å². The highest BCUT2D eigenvalue weighted by Gasteiger charge is 2.14. The third-order valence-electron chi connectivity index (χ3n) is 3.02. The number of hydrogen-bond acceptors (Lipinski definition) is 3. The summed E-state index contributed by atoms with van der Waals surface area (Å²) in [6.45, 7) is 4.06. The highest BCUT2D eigenvalue weighted by Crippen LogP contribution is 2.15. The number of benzene rings is 1. The number of esters is 1. The Balaban J connectivity index is 2.60. The van der Waals surface area contributed by atoms with Crippen LogP contribution in [0.15, 0.2) is 29.2 Å². The lowest BCUT2D eigenvalue weighted by atomic mass is 10.0. The summed E-state index contributed by atoms with van der Waals surface area (Å²) in [5.41, 5.74) is 1.68. The van der Waals surface area contributed by atoms with Crippen LogP contribution in [-0.2, 0) is 11.2 Å². The molecule has 1 heterocycles. The monoisotopic (exact) mass is 259 g/mol. The van der Waals surface area contributed by atoms with Crippen LogP contribution in [0.3, 0.4) is 0 Å². The number of nitrogens with one attached hydrogen (secondary N) is 1. The van der Waals surface area contributed by atoms with Crippen LogP contribution in [-0.4, -0.2) is 17.6 Å². The van der Waals surface area contributed by atoms with E-state index in [0.717, 1.165) is 23.9 Å². The van der Waals surface area contributed by atoms with Crippen LogP contribution in [0.25, 0.3) is 10.9 Å². The topological polar surface area (TPSA) is 59.2 Å². The second-order valence-electron chi connectivity index (χ2n) is 4.34. The van der Waals surface area contributed by atoms with Crippen LogP contribution in [0.1, 0.15) is 36.2 Å². The number of carbonyl (C=O) groups is 1. The van der Waals surface area contributed by atoms with Gasteiger partial charge in [0.2, 0.25) is 5.43 Å². The number of aromatic nitrogens is 1. The van der Waals surface area contributed by atoms with Gasteiger partial charge in [0, 0.05) is 11.6 Å². The van der Waals surface area contributed by atoms with Gasteiger partial charge in [-0.25, -0.2) is 4.79 Å². The van der Waals surface area contributed by atoms with Crippen molar-refractivity contribution in [1.29, 1.82) is 0 Å². The number of carbonyl (C=O) groups excluding carboxylic acids is 1. The van der Waals surface area contributed by atoms with E-state index in [-0.39, 0.29) is 17.6 Å². The Morgan fingerprint density at radius 1 is 1.32 bits per heavy atom. The molecule has 1 aromatic carbocycles. The van der Waals surface area contributed by atoms with Crippen LogP contribution < -0.4 is 5.43 Å². The molecular weight excluding hydrogens is 242 g/mol. The zero-order chi connectivity index (χ0) is 13.8. The molecule has 4 nitrogen and oxygen atoms in total. The van der Waals surface area contributed by atoms with Crippen molar-refractivity contribution in [3.63, 3.8) is 0 Å². The van der Waals surface area contributed by atoms with E-state index in [1.54, 1.807) is 13.0 Å². The van der Waals surface area contributed by atoms with E-state index in [9.17, 15) is 9.59 Å². The predicted octanol–water partition coefficient (Wildman–Crippen LogP) is 2.66. The summed E-state index contributed by atoms with van der Waals surface area (Å²) in [6.07, 6.45) is 3.34. The first-order valence-electron chi connectivity index (χ1n) is 6.49. The number of ether oxygens (including phenoxy) is 1. The normalized spacial score (nSPS) is 10.6. The Kier molecular flexibility index (Phi) is 4.00. The summed E-state index contributed by atoms with van der Waals surface area (Å²) in [4.78, 5) is 27.0. The Labute approximate surface area is 111 Å². The quantitative estimate of drug-likeness (QED) is 0.859. The molecule has 0 spiro atoms. The van der Waals surface area contributed by atoms with Crippen LogP contribution in [0, 0.1) is 0 Å². The molecule has 0 aliphatic rings. The molecule has 1 aromatic heterocycles. The third kappa shape index (κ3) is 2.52. The van der Waals surface area contributed by atoms with Gasteiger partial charge in [0.1, 0.15) is 5.56 Å². The zero-order valence-electron chi connectivity index (χ0n) is 11.2. The molecule has 0 bridgehead atoms. The summed E-state index contributed by atoms with van der Waals surface area (Å²) in [7, 11) is 0. The highest BCUT2D eigenvalue weighted by molar-refractivity contribution is 5.94. The standard InChI is InChI=1S/C15H17NO3/c1-3-6-10-7-5-8-11-13(10)16-9-12(14(11)17)15(18)19-4-2/h5,7-9H,3-4,6H2,1-2H3,(H,16,17). The first-order chi connectivity index (χ1) is 9.19. The molecule has 1 N–H and O–H groups in total. The molecule has 0 aliphatic carbocycles. The van der Waals surface area contributed by atoms with Crippen molar-refractivity contribution in [2.75, 3.05) is 6.61 Å². The molecule has 2 aromatic rings. The summed E-state index contributed by atoms with van der Waals surface area (Å²) in [5.74, 6) is -0.577. The van der Waals surface area contributed by atoms with Gasteiger partial charge in [-0.15, -0.1) is 0 Å². The van der Waals surface area contributed by atoms with Crippen molar-refractivity contribution in [1.82, 2.24) is 4.98 Å². The van der Waals surface area contributed by atoms with Gasteiger partial charge in [-0.1, -0.05) is 25.5 Å². The van der Waals surface area contributed by atoms with E-state index < -0.39 is 5.97 Å². The van der Waals surface area contributed by atoms with Gasteiger partial charge in [0.25, 0.3) is 0 Å². The fraction of sp³-hybridized carbons (Fsp3) is 0.333. The van der Waals surface area contributed by atoms with Crippen molar-refractivity contribution in [2.24, 2.45) is 0 Å². The van der Waals surface area contributed by atoms with Gasteiger partial charge in [0.15, 0.2) is 0 Å². The number of hydrogen-bond donors (Lipinski definition) is 1. The van der Waals surface area contributed by atoms with Crippen LogP contribution in [0.4, 0.5) is 0 Å². The van der Waals surface area contributed by atoms with E-state index >= 15 is 0 Å². The lowest BCUT2D eigenvalue weighted by Gasteiger charge is -2.07. The molecule has 0 atom stereocenters. The Morgan fingerprint density at radius 3 is 2.79 bits per heavy atom. The van der Waals surface area contributed by atoms with Crippen LogP contribution >= 0.6 is 0 Å². The Bertz CT molecular complexity index is 658. The number of para-hydroxylation sites is 1. The molecule has 2 rings (SSSR count). The largest absolute Gasteiger partial charge is 0.462 e. The fourth-order valence-electron chi connectivity index (χ4n) is 2.15. The Morgan fingerprint density at radius 2 is 2.11 bits per heavy atom. The molecule has 0 fully saturated rings. The third-order valence-corrected chi connectivity index (χ3v) is 3.02. The first kappa shape index (κ1) is 13.3. The van der Waals surface area contributed by atoms with Crippen molar-refractivity contribution in [2.45, 2.75) is 26.7 Å². The summed E-state index contributed by atoms with van der Waals surface area (Å²) in [5, 5.41) is 0.538. The van der Waals surface area contributed by atoms with Crippen molar-refractivity contribution >= 4 is 16.9 Å². The van der Waals surface area contributed by atoms with Crippen molar-refractivity contribution in [3.05, 3.63) is 45.7 Å². The average Bonchev–Trinajstić information content (AvgIpc) is 2.40. The van der Waals surface area contributed by atoms with E-state index in [4.69, 9.17) is 4.74 Å². The van der Waals surface area contributed by atoms with E-state index in [2.05, 4.69) is 11.9 Å². The van der Waals surface area contributed by atoms with Gasteiger partial charge in [0.05, 0.1) is 12.1 Å². The maximum absolute atomic E-state index is 12.3. The molecule has 0 radical (unpaired) electrons. The minimum Gasteiger partial charge on any atom is -0.462 e. The molecule has 19 heavy (non-hydrogen) atoms. The number of rotatable bonds is 4. The highest BCUT2D eigenvalue weighted by atomic mass is 16.5. The lowest BCUT2D eigenvalue weighted by Crippen LogP contribution is -2.18. The first-order valence-corrected chi connectivity index (χ1v) is 6.49. The van der Waals surface area contributed by atoms with Gasteiger partial charge >= 0.3 is 5.97 Å². The minimum atomic E-state index is -0.577. The maximum atomic E-state index is 12.3. The SMILES string of the molecule is CCCc1cccc2c(=O)c(C(=O)OCC)c[nH]c12. The van der Waals surface area contributed by atoms with E-state index in [1.807, 2.05) is 12.1 Å². The summed E-state index contributed by atoms with van der Waals surface area (Å²) >= 11 is 0. The second kappa shape index (κ2) is 5.69. The van der Waals surface area contributed by atoms with Gasteiger partial charge in [-0.05, 0) is 25.0 Å². The minimum absolute atomic E-state index is 0.0583. The molecule has 0 saturated carbocycles. The van der Waals surface area contributed by atoms with Gasteiger partial charge in [-0.2, -0.15) is 0 Å². The van der Waals surface area contributed by atoms with Crippen molar-refractivity contribution < 1.29 is 9.53 Å². The van der Waals surface area contributed by atoms with E-state index in [1.165, 1.54) is 6.20 Å². The molecule has 0 aliphatic heterocycles. The smallest absolute Gasteiger partial charge is 0.343 e. The molecular formula is C15H17NO3. The number of aromatic amines is 1. The maximum Gasteiger partial charge on any atom is 0.343 e. The second-order valence-corrected chi connectivity index (χ2v) is 4.34. The molecule has 0 saturated heterocycles. The zero-order valence-corrected chi connectivity index (χ0v) is 11.2. The fourth-order valence-corrected chi connectivity index (χ4v) is 2.15. The molecule has 0 unspecified atom stereocenters. The van der Waals surface area contributed by atoms with Gasteiger partial charge in [-0.3, -0.25) is 4.79 Å². The summed E-state index contributed by atoms with van der Waals surface area (Å²) in [6, 6.07) is 5.57. The molecule has 100 valence electrons.